The van der Waals surface area contributed by atoms with Gasteiger partial charge in [-0.05, 0) is 31.5 Å². The van der Waals surface area contributed by atoms with E-state index in [-0.39, 0.29) is 18.7 Å². The lowest BCUT2D eigenvalue weighted by atomic mass is 10.2. The van der Waals surface area contributed by atoms with Crippen molar-refractivity contribution in [3.05, 3.63) is 29.3 Å². The Hall–Kier alpha value is -1.79. The van der Waals surface area contributed by atoms with Gasteiger partial charge in [0.2, 0.25) is 0 Å². The molecule has 25 heavy (non-hydrogen) atoms. The molecule has 1 aliphatic heterocycles. The van der Waals surface area contributed by atoms with Gasteiger partial charge < -0.3 is 14.2 Å². The molecule has 0 spiro atoms. The molecule has 0 saturated carbocycles. The van der Waals surface area contributed by atoms with E-state index in [1.807, 2.05) is 13.8 Å². The van der Waals surface area contributed by atoms with Crippen molar-refractivity contribution in [3.63, 3.8) is 0 Å². The topological polar surface area (TPSA) is 61.8 Å². The van der Waals surface area contributed by atoms with Gasteiger partial charge in [-0.1, -0.05) is 31.0 Å². The van der Waals surface area contributed by atoms with Crippen LogP contribution in [0.3, 0.4) is 0 Å². The van der Waals surface area contributed by atoms with Crippen molar-refractivity contribution in [2.45, 2.75) is 45.3 Å². The van der Waals surface area contributed by atoms with Gasteiger partial charge >= 0.3 is 12.2 Å². The van der Waals surface area contributed by atoms with Crippen molar-refractivity contribution in [2.24, 2.45) is 0 Å². The Morgan fingerprint density at radius 3 is 2.72 bits per heavy atom. The number of hydrogen-bond donors (Lipinski definition) is 0. The SMILES string of the molecule is CCCCOC(=O)[N@@+]1(C(=O)OC)C[C@@H](Oc2cccc(Cl)c2)C[C@H]1C. The molecule has 1 saturated heterocycles. The molecule has 0 bridgehead atoms. The van der Waals surface area contributed by atoms with Crippen LogP contribution < -0.4 is 4.74 Å². The zero-order chi connectivity index (χ0) is 18.4. The number of halogens is 1. The standard InChI is InChI=1S/C18H25ClNO5/c1-4-5-9-24-18(22)20(17(21)23-3)12-16(10-13(20)2)25-15-8-6-7-14(19)11-15/h6-8,11,13,16H,4-5,9-10,12H2,1-3H3/q+1/t13-,16+,20+/m1/s1. The molecule has 7 heteroatoms. The van der Waals surface area contributed by atoms with Gasteiger partial charge in [0.25, 0.3) is 0 Å². The quantitative estimate of drug-likeness (QED) is 0.567. The molecule has 0 radical (unpaired) electrons. The van der Waals surface area contributed by atoms with E-state index in [0.717, 1.165) is 12.8 Å². The number of carbonyl (C=O) groups excluding carboxylic acids is 2. The fraction of sp³-hybridized carbons (Fsp3) is 0.556. The molecular weight excluding hydrogens is 346 g/mol. The summed E-state index contributed by atoms with van der Waals surface area (Å²) in [7, 11) is 1.28. The molecule has 1 aliphatic rings. The summed E-state index contributed by atoms with van der Waals surface area (Å²) in [6.45, 7) is 4.30. The van der Waals surface area contributed by atoms with Gasteiger partial charge in [-0.15, -0.1) is 4.48 Å². The molecule has 1 fully saturated rings. The highest BCUT2D eigenvalue weighted by Gasteiger charge is 2.59. The molecule has 3 atom stereocenters. The van der Waals surface area contributed by atoms with E-state index in [0.29, 0.717) is 23.8 Å². The number of amides is 2. The molecule has 0 aliphatic carbocycles. The second-order valence-corrected chi connectivity index (χ2v) is 6.71. The fourth-order valence-electron chi connectivity index (χ4n) is 3.12. The van der Waals surface area contributed by atoms with E-state index in [1.54, 1.807) is 24.3 Å². The van der Waals surface area contributed by atoms with Gasteiger partial charge in [0.15, 0.2) is 6.10 Å². The summed E-state index contributed by atoms with van der Waals surface area (Å²) in [5, 5.41) is 0.566. The first-order valence-corrected chi connectivity index (χ1v) is 8.87. The predicted molar refractivity (Wildman–Crippen MR) is 93.7 cm³/mol. The van der Waals surface area contributed by atoms with Crippen LogP contribution >= 0.6 is 11.6 Å². The maximum Gasteiger partial charge on any atom is 0.527 e. The van der Waals surface area contributed by atoms with Crippen molar-refractivity contribution < 1.29 is 28.3 Å². The number of carbonyl (C=O) groups is 2. The Kier molecular flexibility index (Phi) is 6.67. The van der Waals surface area contributed by atoms with Crippen LogP contribution in [-0.4, -0.2) is 49.1 Å². The lowest BCUT2D eigenvalue weighted by Gasteiger charge is -2.29. The maximum absolute atomic E-state index is 12.7. The van der Waals surface area contributed by atoms with Crippen LogP contribution in [0, 0.1) is 0 Å². The first-order valence-electron chi connectivity index (χ1n) is 8.49. The molecule has 138 valence electrons. The maximum atomic E-state index is 12.7. The third-order valence-corrected chi connectivity index (χ3v) is 4.73. The number of rotatable bonds is 5. The zero-order valence-corrected chi connectivity index (χ0v) is 15.6. The molecule has 6 nitrogen and oxygen atoms in total. The van der Waals surface area contributed by atoms with Crippen molar-refractivity contribution in [2.75, 3.05) is 20.3 Å². The number of benzene rings is 1. The largest absolute Gasteiger partial charge is 0.527 e. The Bertz CT molecular complexity index is 623. The molecule has 0 unspecified atom stereocenters. The second-order valence-electron chi connectivity index (χ2n) is 6.27. The number of quaternary nitrogens is 1. The van der Waals surface area contributed by atoms with E-state index in [2.05, 4.69) is 0 Å². The number of unbranched alkanes of at least 4 members (excludes halogenated alkanes) is 1. The molecule has 2 amide bonds. The van der Waals surface area contributed by atoms with Crippen LogP contribution in [0.1, 0.15) is 33.1 Å². The van der Waals surface area contributed by atoms with Gasteiger partial charge in [0.05, 0.1) is 13.7 Å². The molecule has 2 rings (SSSR count). The van der Waals surface area contributed by atoms with Crippen LogP contribution in [0.5, 0.6) is 5.75 Å². The van der Waals surface area contributed by atoms with E-state index in [9.17, 15) is 9.59 Å². The Balaban J connectivity index is 2.16. The number of hydrogen-bond acceptors (Lipinski definition) is 5. The molecule has 1 aromatic rings. The highest BCUT2D eigenvalue weighted by molar-refractivity contribution is 6.30. The molecule has 0 aromatic heterocycles. The highest BCUT2D eigenvalue weighted by atomic mass is 35.5. The van der Waals surface area contributed by atoms with E-state index in [4.69, 9.17) is 25.8 Å². The number of ether oxygens (including phenoxy) is 3. The Morgan fingerprint density at radius 1 is 1.32 bits per heavy atom. The molecule has 1 heterocycles. The normalized spacial score (nSPS) is 25.4. The summed E-state index contributed by atoms with van der Waals surface area (Å²) in [4.78, 5) is 25.1. The molecule has 0 N–H and O–H groups in total. The second kappa shape index (κ2) is 8.54. The predicted octanol–water partition coefficient (Wildman–Crippen LogP) is 4.40. The minimum atomic E-state index is -0.619. The third kappa shape index (κ3) is 4.25. The summed E-state index contributed by atoms with van der Waals surface area (Å²) in [6, 6.07) is 6.74. The van der Waals surface area contributed by atoms with Crippen molar-refractivity contribution >= 4 is 23.8 Å². The number of likely N-dealkylation sites (tertiary alicyclic amines) is 1. The monoisotopic (exact) mass is 370 g/mol. The van der Waals surface area contributed by atoms with Crippen LogP contribution in [0.15, 0.2) is 24.3 Å². The summed E-state index contributed by atoms with van der Waals surface area (Å²) in [6.07, 6.45) is 0.679. The summed E-state index contributed by atoms with van der Waals surface area (Å²) < 4.78 is 15.7. The lowest BCUT2D eigenvalue weighted by molar-refractivity contribution is -0.797. The van der Waals surface area contributed by atoms with Crippen LogP contribution in [0.4, 0.5) is 9.59 Å². The van der Waals surface area contributed by atoms with Gasteiger partial charge in [-0.25, -0.2) is 0 Å². The van der Waals surface area contributed by atoms with E-state index >= 15 is 0 Å². The van der Waals surface area contributed by atoms with E-state index < -0.39 is 16.7 Å². The fourth-order valence-corrected chi connectivity index (χ4v) is 3.30. The Labute approximate surface area is 153 Å². The van der Waals surface area contributed by atoms with E-state index in [1.165, 1.54) is 7.11 Å². The zero-order valence-electron chi connectivity index (χ0n) is 14.9. The Morgan fingerprint density at radius 2 is 2.08 bits per heavy atom. The van der Waals surface area contributed by atoms with Crippen molar-refractivity contribution in [1.29, 1.82) is 0 Å². The number of nitrogens with zero attached hydrogens (tertiary/aromatic N) is 1. The minimum Gasteiger partial charge on any atom is -0.484 e. The smallest absolute Gasteiger partial charge is 0.484 e. The van der Waals surface area contributed by atoms with Crippen LogP contribution in [0.2, 0.25) is 5.02 Å². The van der Waals surface area contributed by atoms with Gasteiger partial charge in [-0.2, -0.15) is 9.59 Å². The van der Waals surface area contributed by atoms with Crippen LogP contribution in [-0.2, 0) is 9.47 Å². The van der Waals surface area contributed by atoms with Crippen molar-refractivity contribution in [1.82, 2.24) is 0 Å². The van der Waals surface area contributed by atoms with Gasteiger partial charge in [0.1, 0.15) is 18.3 Å². The summed E-state index contributed by atoms with van der Waals surface area (Å²) in [5.74, 6) is 0.605. The number of methoxy groups -OCH3 is 1. The average Bonchev–Trinajstić information content (AvgIpc) is 2.91. The van der Waals surface area contributed by atoms with Gasteiger partial charge in [0, 0.05) is 11.4 Å². The third-order valence-electron chi connectivity index (χ3n) is 4.50. The van der Waals surface area contributed by atoms with Gasteiger partial charge in [-0.3, -0.25) is 0 Å². The van der Waals surface area contributed by atoms with Crippen molar-refractivity contribution in [3.8, 4) is 5.75 Å². The summed E-state index contributed by atoms with van der Waals surface area (Å²) >= 11 is 5.98. The minimum absolute atomic E-state index is 0.172. The lowest BCUT2D eigenvalue weighted by Crippen LogP contribution is -2.60. The summed E-state index contributed by atoms with van der Waals surface area (Å²) in [5.41, 5.74) is 0. The molecule has 1 aromatic carbocycles. The van der Waals surface area contributed by atoms with Crippen LogP contribution in [0.25, 0.3) is 0 Å². The average molecular weight is 371 g/mol. The first-order chi connectivity index (χ1) is 11.9. The molecular formula is C18H25ClNO5+. The number of imide groups is 1. The highest BCUT2D eigenvalue weighted by Crippen LogP contribution is 2.33. The first kappa shape index (κ1) is 19.5.